The number of carbonyl (C=O) groups excluding carboxylic acids is 1. The highest BCUT2D eigenvalue weighted by Crippen LogP contribution is 2.62. The Bertz CT molecular complexity index is 2000. The molecule has 318 valence electrons. The molecule has 4 saturated carbocycles. The molecule has 3 aromatic rings. The van der Waals surface area contributed by atoms with Gasteiger partial charge in [-0.15, -0.1) is 0 Å². The molecule has 0 aromatic heterocycles. The topological polar surface area (TPSA) is 38.8 Å². The number of methoxy groups -OCH3 is 1. The van der Waals surface area contributed by atoms with Crippen molar-refractivity contribution >= 4 is 43.3 Å². The average molecular weight is 832 g/mol. The van der Waals surface area contributed by atoms with Gasteiger partial charge in [-0.2, -0.15) is 0 Å². The van der Waals surface area contributed by atoms with E-state index < -0.39 is 8.32 Å². The van der Waals surface area contributed by atoms with Crippen LogP contribution >= 0.6 is 11.8 Å². The Morgan fingerprint density at radius 2 is 1.41 bits per heavy atom. The number of nitrogens with zero attached hydrogens (tertiary/aromatic N) is 1. The summed E-state index contributed by atoms with van der Waals surface area (Å²) in [7, 11) is -0.0802. The Labute approximate surface area is 363 Å². The summed E-state index contributed by atoms with van der Waals surface area (Å²) in [6, 6.07) is 22.7. The second-order valence-corrected chi connectivity index (χ2v) is 27.6. The summed E-state index contributed by atoms with van der Waals surface area (Å²) in [4.78, 5) is 18.6. The molecule has 3 aromatic carbocycles. The molecule has 4 bridgehead atoms. The molecule has 8 rings (SSSR count). The molecular formula is C53H73NO3SSi. The van der Waals surface area contributed by atoms with Gasteiger partial charge in [0, 0.05) is 34.8 Å². The number of hydrogen-bond acceptors (Lipinski definition) is 5. The SMILES string of the molecule is COc1ccc(N(CCO[Si](C)(C)C(C)(C)C)c2ccc(/C=C/C3=C(Sc4c(C(C)C)cccc4C(C)C)C(=O)CC(C)(C)C3)cc2)cc1C12CC3CC(CC(C3)C1)C2. The fraction of sp³-hybridized carbons (Fsp3) is 0.566. The largest absolute Gasteiger partial charge is 0.496 e. The predicted octanol–water partition coefficient (Wildman–Crippen LogP) is 15.0. The average Bonchev–Trinajstić information content (AvgIpc) is 3.15. The van der Waals surface area contributed by atoms with Crippen LogP contribution in [0.4, 0.5) is 11.4 Å². The van der Waals surface area contributed by atoms with Crippen LogP contribution < -0.4 is 9.64 Å². The van der Waals surface area contributed by atoms with Crippen molar-refractivity contribution in [1.82, 2.24) is 0 Å². The Kier molecular flexibility index (Phi) is 12.7. The molecule has 5 aliphatic rings. The van der Waals surface area contributed by atoms with Gasteiger partial charge in [0.25, 0.3) is 0 Å². The summed E-state index contributed by atoms with van der Waals surface area (Å²) in [5.74, 6) is 4.66. The van der Waals surface area contributed by atoms with E-state index in [0.29, 0.717) is 24.9 Å². The second-order valence-electron chi connectivity index (χ2n) is 21.7. The van der Waals surface area contributed by atoms with Gasteiger partial charge in [0.15, 0.2) is 14.1 Å². The number of anilines is 2. The van der Waals surface area contributed by atoms with Crippen molar-refractivity contribution in [3.05, 3.63) is 99.5 Å². The maximum atomic E-state index is 14.0. The van der Waals surface area contributed by atoms with Crippen LogP contribution in [-0.2, 0) is 14.6 Å². The van der Waals surface area contributed by atoms with Gasteiger partial charge in [-0.05, 0) is 156 Å². The molecular weight excluding hydrogens is 759 g/mol. The molecule has 0 unspecified atom stereocenters. The molecule has 4 nitrogen and oxygen atoms in total. The lowest BCUT2D eigenvalue weighted by atomic mass is 9.48. The number of benzene rings is 3. The maximum Gasteiger partial charge on any atom is 0.192 e. The molecule has 5 aliphatic carbocycles. The molecule has 0 atom stereocenters. The highest BCUT2D eigenvalue weighted by atomic mass is 32.2. The lowest BCUT2D eigenvalue weighted by Crippen LogP contribution is -2.48. The zero-order valence-electron chi connectivity index (χ0n) is 38.5. The zero-order valence-corrected chi connectivity index (χ0v) is 40.3. The maximum absolute atomic E-state index is 14.0. The number of Topliss-reactive ketones (excluding diaryl/α,β-unsaturated/α-hetero) is 1. The predicted molar refractivity (Wildman–Crippen MR) is 254 cm³/mol. The Morgan fingerprint density at radius 3 is 1.95 bits per heavy atom. The van der Waals surface area contributed by atoms with Crippen molar-refractivity contribution in [3.63, 3.8) is 0 Å². The number of thioether (sulfide) groups is 1. The highest BCUT2D eigenvalue weighted by molar-refractivity contribution is 8.04. The molecule has 0 N–H and O–H groups in total. The molecule has 0 aliphatic heterocycles. The van der Waals surface area contributed by atoms with Crippen molar-refractivity contribution in [3.8, 4) is 5.75 Å². The van der Waals surface area contributed by atoms with Gasteiger partial charge < -0.3 is 14.1 Å². The number of rotatable bonds is 14. The van der Waals surface area contributed by atoms with Crippen LogP contribution in [0, 0.1) is 23.2 Å². The van der Waals surface area contributed by atoms with Gasteiger partial charge >= 0.3 is 0 Å². The minimum atomic E-state index is -1.93. The molecule has 0 heterocycles. The van der Waals surface area contributed by atoms with Gasteiger partial charge in [0.1, 0.15) is 5.75 Å². The van der Waals surface area contributed by atoms with Crippen molar-refractivity contribution in [2.24, 2.45) is 23.2 Å². The third kappa shape index (κ3) is 9.41. The summed E-state index contributed by atoms with van der Waals surface area (Å²) in [5, 5.41) is 0.151. The third-order valence-corrected chi connectivity index (χ3v) is 20.7. The van der Waals surface area contributed by atoms with Crippen LogP contribution in [0.15, 0.2) is 82.1 Å². The Hall–Kier alpha value is -3.06. The fourth-order valence-corrected chi connectivity index (χ4v) is 13.5. The van der Waals surface area contributed by atoms with E-state index in [-0.39, 0.29) is 21.7 Å². The summed E-state index contributed by atoms with van der Waals surface area (Å²) >= 11 is 1.72. The van der Waals surface area contributed by atoms with Crippen molar-refractivity contribution < 1.29 is 14.0 Å². The first-order valence-electron chi connectivity index (χ1n) is 22.7. The molecule has 0 amide bonds. The molecule has 0 radical (unpaired) electrons. The van der Waals surface area contributed by atoms with Crippen molar-refractivity contribution in [2.45, 2.75) is 154 Å². The number of ether oxygens (including phenoxy) is 1. The second kappa shape index (κ2) is 17.0. The monoisotopic (exact) mass is 832 g/mol. The van der Waals surface area contributed by atoms with Crippen LogP contribution in [0.2, 0.25) is 18.1 Å². The van der Waals surface area contributed by atoms with Crippen LogP contribution in [0.25, 0.3) is 6.08 Å². The molecule has 6 heteroatoms. The van der Waals surface area contributed by atoms with E-state index in [1.165, 1.54) is 71.5 Å². The molecule has 59 heavy (non-hydrogen) atoms. The van der Waals surface area contributed by atoms with Crippen LogP contribution in [0.3, 0.4) is 0 Å². The number of carbonyl (C=O) groups is 1. The third-order valence-electron chi connectivity index (χ3n) is 14.7. The Balaban J connectivity index is 1.21. The lowest BCUT2D eigenvalue weighted by molar-refractivity contribution is -0.117. The number of hydrogen-bond donors (Lipinski definition) is 0. The molecule has 4 fully saturated rings. The standard InChI is InChI=1S/C53H73NO3SSi/c1-35(2)44-14-13-15-45(36(3)4)50(44)58-49-41(33-52(8,9)34-47(49)55)19-16-37-17-20-42(21-18-37)54(24-25-57-59(11,12)51(5,6)7)43-22-23-48(56-10)46(29-43)53-30-38-26-39(31-53)28-40(27-38)32-53/h13-23,29,35-36,38-40H,24-28,30-34H2,1-12H3/b19-16+. The molecule has 0 spiro atoms. The van der Waals surface area contributed by atoms with Gasteiger partial charge in [0.2, 0.25) is 0 Å². The van der Waals surface area contributed by atoms with Crippen molar-refractivity contribution in [1.29, 1.82) is 0 Å². The first kappa shape index (κ1) is 44.0. The first-order chi connectivity index (χ1) is 27.8. The quantitative estimate of drug-likeness (QED) is 0.151. The van der Waals surface area contributed by atoms with E-state index in [2.05, 4.69) is 153 Å². The van der Waals surface area contributed by atoms with Crippen LogP contribution in [-0.4, -0.2) is 34.4 Å². The normalized spacial score (nSPS) is 24.2. The van der Waals surface area contributed by atoms with Gasteiger partial charge in [-0.25, -0.2) is 0 Å². The van der Waals surface area contributed by atoms with Crippen LogP contribution in [0.1, 0.15) is 148 Å². The van der Waals surface area contributed by atoms with Gasteiger partial charge in [-0.1, -0.05) is 117 Å². The summed E-state index contributed by atoms with van der Waals surface area (Å²) in [6.07, 6.45) is 14.1. The van der Waals surface area contributed by atoms with E-state index in [9.17, 15) is 4.79 Å². The van der Waals surface area contributed by atoms with E-state index in [0.717, 1.165) is 52.5 Å². The fourth-order valence-electron chi connectivity index (χ4n) is 11.0. The lowest BCUT2D eigenvalue weighted by Gasteiger charge is -2.57. The van der Waals surface area contributed by atoms with E-state index in [1.807, 2.05) is 7.11 Å². The smallest absolute Gasteiger partial charge is 0.192 e. The summed E-state index contributed by atoms with van der Waals surface area (Å²) < 4.78 is 13.0. The highest BCUT2D eigenvalue weighted by Gasteiger charge is 2.52. The zero-order chi connectivity index (χ0) is 42.5. The van der Waals surface area contributed by atoms with Gasteiger partial charge in [-0.3, -0.25) is 4.79 Å². The minimum absolute atomic E-state index is 0.0799. The summed E-state index contributed by atoms with van der Waals surface area (Å²) in [5.41, 5.74) is 8.88. The first-order valence-corrected chi connectivity index (χ1v) is 26.5. The number of allylic oxidation sites excluding steroid dienone is 3. The minimum Gasteiger partial charge on any atom is -0.496 e. The van der Waals surface area contributed by atoms with E-state index in [1.54, 1.807) is 11.8 Å². The summed E-state index contributed by atoms with van der Waals surface area (Å²) in [6.45, 7) is 26.6. The van der Waals surface area contributed by atoms with E-state index >= 15 is 0 Å². The van der Waals surface area contributed by atoms with Crippen LogP contribution in [0.5, 0.6) is 5.75 Å². The van der Waals surface area contributed by atoms with Crippen molar-refractivity contribution in [2.75, 3.05) is 25.2 Å². The van der Waals surface area contributed by atoms with E-state index in [4.69, 9.17) is 9.16 Å². The number of ketones is 1. The Morgan fingerprint density at radius 1 is 0.831 bits per heavy atom. The molecule has 0 saturated heterocycles. The van der Waals surface area contributed by atoms with Gasteiger partial charge in [0.05, 0.1) is 18.6 Å².